The smallest absolute Gasteiger partial charge is 0.294 e. The number of halogens is 2. The molecule has 0 unspecified atom stereocenters. The van der Waals surface area contributed by atoms with Crippen LogP contribution in [0.25, 0.3) is 33.5 Å². The summed E-state index contributed by atoms with van der Waals surface area (Å²) in [5, 5.41) is 7.36. The van der Waals surface area contributed by atoms with Crippen molar-refractivity contribution in [3.63, 3.8) is 0 Å². The van der Waals surface area contributed by atoms with Gasteiger partial charge in [-0.15, -0.1) is 0 Å². The van der Waals surface area contributed by atoms with E-state index in [1.807, 2.05) is 12.1 Å². The van der Waals surface area contributed by atoms with Crippen LogP contribution in [0.3, 0.4) is 0 Å². The molecule has 2 aromatic carbocycles. The van der Waals surface area contributed by atoms with Crippen molar-refractivity contribution in [2.24, 2.45) is 5.92 Å². The zero-order chi connectivity index (χ0) is 21.5. The van der Waals surface area contributed by atoms with Gasteiger partial charge in [0.25, 0.3) is 5.56 Å². The van der Waals surface area contributed by atoms with Crippen molar-refractivity contribution in [2.75, 3.05) is 18.4 Å². The number of amides is 1. The third-order valence-corrected chi connectivity index (χ3v) is 6.31. The van der Waals surface area contributed by atoms with Gasteiger partial charge in [-0.1, -0.05) is 27.5 Å². The Morgan fingerprint density at radius 2 is 2.00 bits per heavy atom. The Bertz CT molecular complexity index is 1370. The normalized spacial score (nSPS) is 14.9. The highest BCUT2D eigenvalue weighted by Crippen LogP contribution is 2.32. The summed E-state index contributed by atoms with van der Waals surface area (Å²) in [6, 6.07) is 10.6. The molecule has 0 atom stereocenters. The summed E-state index contributed by atoms with van der Waals surface area (Å²) >= 11 is 9.86. The van der Waals surface area contributed by atoms with Crippen LogP contribution in [0.1, 0.15) is 12.8 Å². The summed E-state index contributed by atoms with van der Waals surface area (Å²) in [4.78, 5) is 32.7. The maximum Gasteiger partial charge on any atom is 0.294 e. The largest absolute Gasteiger partial charge is 0.449 e. The topological polar surface area (TPSA) is 100 Å². The molecule has 0 saturated carbocycles. The quantitative estimate of drug-likeness (QED) is 0.378. The lowest BCUT2D eigenvalue weighted by molar-refractivity contribution is -0.120. The van der Waals surface area contributed by atoms with Gasteiger partial charge in [-0.3, -0.25) is 9.59 Å². The first-order valence-corrected chi connectivity index (χ1v) is 11.1. The van der Waals surface area contributed by atoms with E-state index in [0.717, 1.165) is 35.8 Å². The van der Waals surface area contributed by atoms with Crippen LogP contribution in [0.15, 0.2) is 50.1 Å². The van der Waals surface area contributed by atoms with E-state index in [4.69, 9.17) is 16.0 Å². The highest BCUT2D eigenvalue weighted by atomic mass is 79.9. The molecule has 3 N–H and O–H groups in total. The van der Waals surface area contributed by atoms with Gasteiger partial charge in [-0.05, 0) is 62.3 Å². The average Bonchev–Trinajstić information content (AvgIpc) is 3.14. The fourth-order valence-corrected chi connectivity index (χ4v) is 4.43. The van der Waals surface area contributed by atoms with Crippen molar-refractivity contribution < 1.29 is 9.21 Å². The van der Waals surface area contributed by atoms with E-state index in [0.29, 0.717) is 33.2 Å². The average molecular weight is 502 g/mol. The van der Waals surface area contributed by atoms with Gasteiger partial charge in [0.2, 0.25) is 11.5 Å². The Morgan fingerprint density at radius 3 is 2.81 bits per heavy atom. The second-order valence-electron chi connectivity index (χ2n) is 7.54. The van der Waals surface area contributed by atoms with E-state index in [1.165, 1.54) is 0 Å². The maximum atomic E-state index is 12.7. The molecular formula is C22H18BrClN4O3. The fraction of sp³-hybridized carbons (Fsp3) is 0.227. The molecule has 0 bridgehead atoms. The Labute approximate surface area is 190 Å². The van der Waals surface area contributed by atoms with E-state index < -0.39 is 5.56 Å². The number of aromatic nitrogens is 2. The maximum absolute atomic E-state index is 12.7. The highest BCUT2D eigenvalue weighted by Gasteiger charge is 2.21. The van der Waals surface area contributed by atoms with Gasteiger partial charge in [0.1, 0.15) is 16.9 Å². The van der Waals surface area contributed by atoms with Gasteiger partial charge in [0, 0.05) is 27.0 Å². The van der Waals surface area contributed by atoms with Crippen molar-refractivity contribution in [2.45, 2.75) is 12.8 Å². The van der Waals surface area contributed by atoms with E-state index in [9.17, 15) is 9.59 Å². The Kier molecular flexibility index (Phi) is 5.29. The number of benzene rings is 2. The third-order valence-electron chi connectivity index (χ3n) is 5.48. The molecule has 0 spiro atoms. The molecule has 158 valence electrons. The molecule has 0 radical (unpaired) electrons. The predicted molar refractivity (Wildman–Crippen MR) is 125 cm³/mol. The molecule has 5 rings (SSSR count). The number of aromatic amines is 1. The van der Waals surface area contributed by atoms with Gasteiger partial charge in [-0.2, -0.15) is 0 Å². The number of furan rings is 1. The molecule has 1 saturated heterocycles. The molecule has 2 aromatic heterocycles. The molecule has 7 nitrogen and oxygen atoms in total. The minimum Gasteiger partial charge on any atom is -0.449 e. The second kappa shape index (κ2) is 8.11. The van der Waals surface area contributed by atoms with Crippen molar-refractivity contribution >= 4 is 61.2 Å². The number of hydrogen-bond donors (Lipinski definition) is 3. The number of rotatable bonds is 3. The number of carbonyl (C=O) groups is 1. The van der Waals surface area contributed by atoms with E-state index in [1.54, 1.807) is 24.3 Å². The van der Waals surface area contributed by atoms with Crippen molar-refractivity contribution in [1.82, 2.24) is 15.3 Å². The molecule has 9 heteroatoms. The minimum atomic E-state index is -0.396. The first-order valence-electron chi connectivity index (χ1n) is 9.93. The molecule has 1 aliphatic rings. The van der Waals surface area contributed by atoms with Crippen LogP contribution in [0.5, 0.6) is 0 Å². The van der Waals surface area contributed by atoms with Crippen LogP contribution >= 0.6 is 27.5 Å². The van der Waals surface area contributed by atoms with Crippen molar-refractivity contribution in [1.29, 1.82) is 0 Å². The second-order valence-corrected chi connectivity index (χ2v) is 8.87. The molecule has 31 heavy (non-hydrogen) atoms. The number of hydrogen-bond acceptors (Lipinski definition) is 5. The first-order chi connectivity index (χ1) is 15.0. The number of nitrogens with one attached hydrogen (secondary N) is 3. The summed E-state index contributed by atoms with van der Waals surface area (Å²) in [5.74, 6) is 0.269. The van der Waals surface area contributed by atoms with Gasteiger partial charge in [0.05, 0.1) is 5.02 Å². The Morgan fingerprint density at radius 1 is 1.19 bits per heavy atom. The lowest BCUT2D eigenvalue weighted by Crippen LogP contribution is -2.34. The fourth-order valence-electron chi connectivity index (χ4n) is 3.87. The monoisotopic (exact) mass is 500 g/mol. The summed E-state index contributed by atoms with van der Waals surface area (Å²) in [6.07, 6.45) is 1.61. The number of piperidine rings is 1. The standard InChI is InChI=1S/C22H18BrClN4O3/c23-12-1-4-17-15(9-12)18-19(31-17)22(30)28-20(27-18)14-10-13(2-3-16(14)24)26-21(29)11-5-7-25-8-6-11/h1-4,9-11,25H,5-8H2,(H,26,29)(H,27,28,30). The number of anilines is 1. The lowest BCUT2D eigenvalue weighted by atomic mass is 9.97. The van der Waals surface area contributed by atoms with Gasteiger partial charge in [0.15, 0.2) is 0 Å². The van der Waals surface area contributed by atoms with Gasteiger partial charge < -0.3 is 20.0 Å². The number of carbonyl (C=O) groups excluding carboxylic acids is 1. The highest BCUT2D eigenvalue weighted by molar-refractivity contribution is 9.10. The van der Waals surface area contributed by atoms with E-state index in [2.05, 4.69) is 36.5 Å². The summed E-state index contributed by atoms with van der Waals surface area (Å²) in [7, 11) is 0. The molecule has 1 fully saturated rings. The van der Waals surface area contributed by atoms with Crippen LogP contribution in [0, 0.1) is 5.92 Å². The molecule has 0 aliphatic carbocycles. The van der Waals surface area contributed by atoms with Crippen molar-refractivity contribution in [3.05, 3.63) is 56.2 Å². The molecule has 4 aromatic rings. The lowest BCUT2D eigenvalue weighted by Gasteiger charge is -2.22. The van der Waals surface area contributed by atoms with Gasteiger partial charge in [-0.25, -0.2) is 4.98 Å². The number of fused-ring (bicyclic) bond motifs is 3. The predicted octanol–water partition coefficient (Wildman–Crippen LogP) is 4.69. The third kappa shape index (κ3) is 3.86. The first kappa shape index (κ1) is 20.2. The SMILES string of the molecule is O=C(Nc1ccc(Cl)c(-c2nc3c(oc4ccc(Br)cc43)c(=O)[nH]2)c1)C1CCNCC1. The van der Waals surface area contributed by atoms with Gasteiger partial charge >= 0.3 is 0 Å². The minimum absolute atomic E-state index is 0.0163. The zero-order valence-corrected chi connectivity index (χ0v) is 18.6. The Balaban J connectivity index is 1.55. The van der Waals surface area contributed by atoms with Crippen LogP contribution in [-0.4, -0.2) is 29.0 Å². The van der Waals surface area contributed by atoms with Crippen LogP contribution in [0.2, 0.25) is 5.02 Å². The Hall–Kier alpha value is -2.68. The van der Waals surface area contributed by atoms with Crippen LogP contribution in [-0.2, 0) is 4.79 Å². The number of H-pyrrole nitrogens is 1. The number of nitrogens with zero attached hydrogens (tertiary/aromatic N) is 1. The van der Waals surface area contributed by atoms with Crippen molar-refractivity contribution in [3.8, 4) is 11.4 Å². The zero-order valence-electron chi connectivity index (χ0n) is 16.3. The van der Waals surface area contributed by atoms with E-state index >= 15 is 0 Å². The summed E-state index contributed by atoms with van der Waals surface area (Å²) < 4.78 is 6.53. The molecule has 1 aliphatic heterocycles. The van der Waals surface area contributed by atoms with Crippen LogP contribution < -0.4 is 16.2 Å². The summed E-state index contributed by atoms with van der Waals surface area (Å²) in [6.45, 7) is 1.67. The van der Waals surface area contributed by atoms with E-state index in [-0.39, 0.29) is 17.4 Å². The molecule has 1 amide bonds. The molecule has 3 heterocycles. The van der Waals surface area contributed by atoms with Crippen LogP contribution in [0.4, 0.5) is 5.69 Å². The molecular weight excluding hydrogens is 484 g/mol. The summed E-state index contributed by atoms with van der Waals surface area (Å²) in [5.41, 5.74) is 1.91.